The fourth-order valence-electron chi connectivity index (χ4n) is 3.86. The molecule has 1 fully saturated rings. The van der Waals surface area contributed by atoms with E-state index in [4.69, 9.17) is 24.6 Å². The maximum absolute atomic E-state index is 14.3. The smallest absolute Gasteiger partial charge is 0.472 e. The molecule has 1 aromatic heterocycles. The minimum atomic E-state index is -4.38. The van der Waals surface area contributed by atoms with E-state index >= 15 is 0 Å². The molecule has 0 saturated carbocycles. The Labute approximate surface area is 242 Å². The highest BCUT2D eigenvalue weighted by Gasteiger charge is 2.52. The first kappa shape index (κ1) is 39.1. The standard InChI is InChI=1S/C17H28F2N3O6P.C8H16O2.C2H6/c1-2-3-4-5-6-7-10-26-29(24,25)27-12-13-11-17(18,19)15(28-13)22-9-8-14(20)21-16(22)23;1-2-3-4-5-6-7-8(9)10;1-2/h8-9,13,15H,2-7,10-12H2,1H3,(H,24,25)(H2,20,21,23);2-7H2,1H3,(H,9,10);1-2H3. The first-order valence-electron chi connectivity index (χ1n) is 14.6. The van der Waals surface area contributed by atoms with Crippen molar-refractivity contribution >= 4 is 19.6 Å². The molecule has 11 nitrogen and oxygen atoms in total. The lowest BCUT2D eigenvalue weighted by molar-refractivity contribution is -0.137. The number of carboxylic acid groups (broad SMARTS) is 1. The third kappa shape index (κ3) is 17.6. The number of nitrogens with zero attached hydrogens (tertiary/aromatic N) is 2. The molecule has 3 unspecified atom stereocenters. The molecule has 0 aliphatic carbocycles. The lowest BCUT2D eigenvalue weighted by atomic mass is 10.1. The van der Waals surface area contributed by atoms with E-state index in [0.717, 1.165) is 51.1 Å². The lowest BCUT2D eigenvalue weighted by Gasteiger charge is -2.19. The summed E-state index contributed by atoms with van der Waals surface area (Å²) in [5.41, 5.74) is 4.37. The van der Waals surface area contributed by atoms with E-state index < -0.39 is 50.8 Å². The molecule has 1 aromatic rings. The van der Waals surface area contributed by atoms with Crippen LogP contribution in [0.4, 0.5) is 14.6 Å². The monoisotopic (exact) mass is 613 g/mol. The van der Waals surface area contributed by atoms with Gasteiger partial charge < -0.3 is 20.5 Å². The molecule has 14 heteroatoms. The summed E-state index contributed by atoms with van der Waals surface area (Å²) < 4.78 is 55.9. The zero-order valence-corrected chi connectivity index (χ0v) is 25.8. The molecule has 1 aliphatic rings. The fraction of sp³-hybridized carbons (Fsp3) is 0.815. The number of rotatable bonds is 18. The van der Waals surface area contributed by atoms with Gasteiger partial charge in [0.25, 0.3) is 5.92 Å². The van der Waals surface area contributed by atoms with E-state index in [2.05, 4.69) is 18.8 Å². The van der Waals surface area contributed by atoms with E-state index in [9.17, 15) is 27.8 Å². The number of ether oxygens (including phenoxy) is 1. The van der Waals surface area contributed by atoms with Crippen LogP contribution in [0.3, 0.4) is 0 Å². The van der Waals surface area contributed by atoms with Crippen molar-refractivity contribution in [2.45, 2.75) is 129 Å². The van der Waals surface area contributed by atoms with Crippen molar-refractivity contribution in [1.82, 2.24) is 9.55 Å². The second-order valence-electron chi connectivity index (χ2n) is 9.54. The zero-order valence-electron chi connectivity index (χ0n) is 24.9. The van der Waals surface area contributed by atoms with Crippen LogP contribution in [0.15, 0.2) is 17.1 Å². The second-order valence-corrected chi connectivity index (χ2v) is 11.0. The SMILES string of the molecule is CC.CCCCCCCC(=O)O.CCCCCCCCOP(=O)(O)OCC1CC(F)(F)C(n2ccc(N)nc2=O)O1. The van der Waals surface area contributed by atoms with E-state index in [1.54, 1.807) is 0 Å². The van der Waals surface area contributed by atoms with Crippen LogP contribution in [0.1, 0.15) is 117 Å². The summed E-state index contributed by atoms with van der Waals surface area (Å²) in [6, 6.07) is 1.20. The molecule has 4 N–H and O–H groups in total. The van der Waals surface area contributed by atoms with Gasteiger partial charge in [-0.05, 0) is 18.9 Å². The highest BCUT2D eigenvalue weighted by Crippen LogP contribution is 2.47. The van der Waals surface area contributed by atoms with Gasteiger partial charge in [0.15, 0.2) is 0 Å². The van der Waals surface area contributed by atoms with Crippen LogP contribution >= 0.6 is 7.82 Å². The molecule has 2 rings (SSSR count). The van der Waals surface area contributed by atoms with Crippen molar-refractivity contribution in [2.24, 2.45) is 0 Å². The summed E-state index contributed by atoms with van der Waals surface area (Å²) in [6.07, 6.45) is 8.92. The highest BCUT2D eigenvalue weighted by atomic mass is 31.2. The maximum atomic E-state index is 14.3. The predicted octanol–water partition coefficient (Wildman–Crippen LogP) is 6.70. The van der Waals surface area contributed by atoms with Gasteiger partial charge in [0, 0.05) is 19.0 Å². The molecular weight excluding hydrogens is 563 g/mol. The Kier molecular flexibility index (Phi) is 20.7. The van der Waals surface area contributed by atoms with Gasteiger partial charge in [0.1, 0.15) is 5.82 Å². The Morgan fingerprint density at radius 3 is 2.22 bits per heavy atom. The number of phosphoric ester groups is 1. The first-order chi connectivity index (χ1) is 19.4. The number of anilines is 1. The molecule has 3 atom stereocenters. The molecule has 0 bridgehead atoms. The Morgan fingerprint density at radius 2 is 1.66 bits per heavy atom. The number of unbranched alkanes of at least 4 members (excludes halogenated alkanes) is 9. The van der Waals surface area contributed by atoms with Gasteiger partial charge in [0.05, 0.1) is 19.3 Å². The minimum absolute atomic E-state index is 0.0384. The van der Waals surface area contributed by atoms with Crippen molar-refractivity contribution in [3.63, 3.8) is 0 Å². The zero-order chi connectivity index (χ0) is 31.3. The molecule has 0 spiro atoms. The summed E-state index contributed by atoms with van der Waals surface area (Å²) in [5.74, 6) is -4.17. The summed E-state index contributed by atoms with van der Waals surface area (Å²) in [5, 5.41) is 8.27. The topological polar surface area (TPSA) is 163 Å². The Hall–Kier alpha value is -1.92. The summed E-state index contributed by atoms with van der Waals surface area (Å²) in [7, 11) is -4.38. The molecule has 41 heavy (non-hydrogen) atoms. The average molecular weight is 614 g/mol. The summed E-state index contributed by atoms with van der Waals surface area (Å²) in [6.45, 7) is 7.72. The number of halogens is 2. The van der Waals surface area contributed by atoms with Crippen LogP contribution in [0.2, 0.25) is 0 Å². The van der Waals surface area contributed by atoms with Gasteiger partial charge in [-0.25, -0.2) is 18.1 Å². The van der Waals surface area contributed by atoms with Crippen LogP contribution in [0.5, 0.6) is 0 Å². The van der Waals surface area contributed by atoms with Crippen LogP contribution in [-0.4, -0.2) is 50.8 Å². The average Bonchev–Trinajstić information content (AvgIpc) is 3.22. The van der Waals surface area contributed by atoms with Crippen molar-refractivity contribution in [3.05, 3.63) is 22.7 Å². The van der Waals surface area contributed by atoms with Gasteiger partial charge in [-0.2, -0.15) is 4.98 Å². The Morgan fingerprint density at radius 1 is 1.10 bits per heavy atom. The number of hydrogen-bond donors (Lipinski definition) is 3. The van der Waals surface area contributed by atoms with Crippen molar-refractivity contribution in [3.8, 4) is 0 Å². The fourth-order valence-corrected chi connectivity index (χ4v) is 4.65. The third-order valence-corrected chi connectivity index (χ3v) is 6.94. The molecule has 0 radical (unpaired) electrons. The van der Waals surface area contributed by atoms with Gasteiger partial charge in [-0.1, -0.05) is 85.5 Å². The summed E-state index contributed by atoms with van der Waals surface area (Å²) in [4.78, 5) is 34.9. The number of aliphatic carboxylic acids is 1. The first-order valence-corrected chi connectivity index (χ1v) is 16.1. The summed E-state index contributed by atoms with van der Waals surface area (Å²) >= 11 is 0. The van der Waals surface area contributed by atoms with Gasteiger partial charge in [-0.15, -0.1) is 0 Å². The predicted molar refractivity (Wildman–Crippen MR) is 154 cm³/mol. The number of nitrogens with two attached hydrogens (primary N) is 1. The minimum Gasteiger partial charge on any atom is -0.481 e. The van der Waals surface area contributed by atoms with Crippen molar-refractivity contribution in [1.29, 1.82) is 0 Å². The van der Waals surface area contributed by atoms with Gasteiger partial charge in [0.2, 0.25) is 6.23 Å². The number of aromatic nitrogens is 2. The number of phosphoric acid groups is 1. The highest BCUT2D eigenvalue weighted by molar-refractivity contribution is 7.47. The Balaban J connectivity index is 0.00000113. The maximum Gasteiger partial charge on any atom is 0.472 e. The van der Waals surface area contributed by atoms with Crippen LogP contribution in [0.25, 0.3) is 0 Å². The molecule has 1 aliphatic heterocycles. The number of carbonyl (C=O) groups is 1. The Bertz CT molecular complexity index is 951. The third-order valence-electron chi connectivity index (χ3n) is 5.96. The van der Waals surface area contributed by atoms with Crippen LogP contribution in [-0.2, 0) is 23.1 Å². The van der Waals surface area contributed by atoms with Crippen molar-refractivity contribution < 1.29 is 41.9 Å². The molecule has 1 saturated heterocycles. The van der Waals surface area contributed by atoms with Crippen LogP contribution in [0, 0.1) is 0 Å². The molecule has 0 amide bonds. The van der Waals surface area contributed by atoms with Gasteiger partial charge in [-0.3, -0.25) is 18.4 Å². The van der Waals surface area contributed by atoms with Crippen LogP contribution < -0.4 is 11.4 Å². The number of nitrogen functional groups attached to an aromatic ring is 1. The lowest BCUT2D eigenvalue weighted by Crippen LogP contribution is -2.35. The quantitative estimate of drug-likeness (QED) is 0.120. The molecule has 240 valence electrons. The normalized spacial score (nSPS) is 18.9. The largest absolute Gasteiger partial charge is 0.481 e. The number of alkyl halides is 2. The van der Waals surface area contributed by atoms with E-state index in [-0.39, 0.29) is 12.4 Å². The number of carboxylic acids is 1. The second kappa shape index (κ2) is 21.7. The molecule has 0 aromatic carbocycles. The number of hydrogen-bond acceptors (Lipinski definition) is 8. The molecular formula is C27H50F2N3O8P. The van der Waals surface area contributed by atoms with Gasteiger partial charge >= 0.3 is 19.5 Å². The van der Waals surface area contributed by atoms with Crippen molar-refractivity contribution in [2.75, 3.05) is 18.9 Å². The van der Waals surface area contributed by atoms with E-state index in [0.29, 0.717) is 17.4 Å². The van der Waals surface area contributed by atoms with E-state index in [1.807, 2.05) is 13.8 Å². The molecule has 2 heterocycles. The van der Waals surface area contributed by atoms with E-state index in [1.165, 1.54) is 25.3 Å².